The molecule has 8 heteroatoms. The van der Waals surface area contributed by atoms with Crippen molar-refractivity contribution in [2.75, 3.05) is 46.9 Å². The van der Waals surface area contributed by atoms with Crippen LogP contribution in [0.25, 0.3) is 0 Å². The molecule has 0 unspecified atom stereocenters. The minimum absolute atomic E-state index is 0.0626. The van der Waals surface area contributed by atoms with Gasteiger partial charge in [-0.25, -0.2) is 4.79 Å². The molecule has 3 amide bonds. The molecule has 2 saturated carbocycles. The number of aliphatic hydroxyl groups is 2. The van der Waals surface area contributed by atoms with E-state index in [1.54, 1.807) is 4.90 Å². The molecule has 0 atom stereocenters. The highest BCUT2D eigenvalue weighted by Gasteiger charge is 2.56. The van der Waals surface area contributed by atoms with Crippen molar-refractivity contribution < 1.29 is 19.8 Å². The van der Waals surface area contributed by atoms with Gasteiger partial charge in [-0.05, 0) is 64.6 Å². The summed E-state index contributed by atoms with van der Waals surface area (Å²) in [6, 6.07) is 10.6. The lowest BCUT2D eigenvalue weighted by Crippen LogP contribution is -2.59. The number of carbonyl (C=O) groups is 2. The zero-order chi connectivity index (χ0) is 24.4. The molecule has 1 heterocycles. The summed E-state index contributed by atoms with van der Waals surface area (Å²) in [7, 11) is 4.27. The molecule has 0 aromatic heterocycles. The predicted molar refractivity (Wildman–Crippen MR) is 130 cm³/mol. The first-order chi connectivity index (χ1) is 16.2. The van der Waals surface area contributed by atoms with Crippen LogP contribution in [0.1, 0.15) is 56.9 Å². The topological polar surface area (TPSA) is 96.3 Å². The summed E-state index contributed by atoms with van der Waals surface area (Å²) in [4.78, 5) is 31.7. The van der Waals surface area contributed by atoms with Crippen molar-refractivity contribution in [1.82, 2.24) is 20.0 Å². The number of aliphatic hydroxyl groups excluding tert-OH is 1. The van der Waals surface area contributed by atoms with Crippen molar-refractivity contribution in [1.29, 1.82) is 0 Å². The van der Waals surface area contributed by atoms with Crippen LogP contribution >= 0.6 is 0 Å². The fraction of sp³-hybridized carbons (Fsp3) is 0.692. The maximum atomic E-state index is 13.5. The first-order valence-corrected chi connectivity index (χ1v) is 12.6. The number of hydrogen-bond acceptors (Lipinski definition) is 5. The lowest BCUT2D eigenvalue weighted by atomic mass is 9.67. The second-order valence-electron chi connectivity index (χ2n) is 10.7. The molecule has 3 aliphatic rings. The number of urea groups is 1. The third-order valence-electron chi connectivity index (χ3n) is 8.51. The van der Waals surface area contributed by atoms with Crippen molar-refractivity contribution in [2.24, 2.45) is 0 Å². The summed E-state index contributed by atoms with van der Waals surface area (Å²) < 4.78 is 0. The number of hydrogen-bond donors (Lipinski definition) is 3. The molecule has 3 fully saturated rings. The highest BCUT2D eigenvalue weighted by Crippen LogP contribution is 2.50. The van der Waals surface area contributed by atoms with Crippen molar-refractivity contribution in [3.63, 3.8) is 0 Å². The molecule has 188 valence electrons. The molecule has 0 bridgehead atoms. The first kappa shape index (κ1) is 24.9. The van der Waals surface area contributed by atoms with Crippen molar-refractivity contribution in [3.8, 4) is 0 Å². The Morgan fingerprint density at radius 1 is 1.09 bits per heavy atom. The van der Waals surface area contributed by atoms with E-state index in [1.165, 1.54) is 5.56 Å². The maximum Gasteiger partial charge on any atom is 0.320 e. The van der Waals surface area contributed by atoms with Gasteiger partial charge in [0.1, 0.15) is 0 Å². The Morgan fingerprint density at radius 3 is 2.32 bits per heavy atom. The molecule has 1 saturated heterocycles. The zero-order valence-electron chi connectivity index (χ0n) is 20.6. The Morgan fingerprint density at radius 2 is 1.76 bits per heavy atom. The molecule has 4 rings (SSSR count). The first-order valence-electron chi connectivity index (χ1n) is 12.6. The fourth-order valence-electron chi connectivity index (χ4n) is 6.15. The predicted octanol–water partition coefficient (Wildman–Crippen LogP) is 1.91. The standard InChI is InChI=1S/C26H40N4O4/c1-28(2)26(21-7-4-3-5-8-21)14-12-24(13-15-26)19-29(17-9-22(32)27-16-18-31)23(33)30(24)20-25(34)10-6-11-25/h3-5,7-8,31,34H,6,9-20H2,1-2H3,(H,27,32)/t24-,26+. The number of nitrogens with one attached hydrogen (secondary N) is 1. The van der Waals surface area contributed by atoms with Crippen molar-refractivity contribution in [3.05, 3.63) is 35.9 Å². The number of nitrogens with zero attached hydrogens (tertiary/aromatic N) is 3. The Hall–Kier alpha value is -2.16. The number of β-amino-alcohol motifs (C(OH)–C–C–N with tert-alkyl or cyclic N) is 1. The van der Waals surface area contributed by atoms with E-state index in [-0.39, 0.29) is 42.6 Å². The van der Waals surface area contributed by atoms with Crippen LogP contribution in [0.4, 0.5) is 4.79 Å². The Kier molecular flexibility index (Phi) is 7.22. The molecule has 1 aromatic carbocycles. The van der Waals surface area contributed by atoms with Crippen molar-refractivity contribution in [2.45, 2.75) is 68.0 Å². The fourth-order valence-corrected chi connectivity index (χ4v) is 6.15. The van der Waals surface area contributed by atoms with Gasteiger partial charge < -0.3 is 25.3 Å². The molecule has 34 heavy (non-hydrogen) atoms. The minimum Gasteiger partial charge on any atom is -0.395 e. The molecule has 1 aromatic rings. The molecular weight excluding hydrogens is 432 g/mol. The summed E-state index contributed by atoms with van der Waals surface area (Å²) in [5.74, 6) is -0.161. The highest BCUT2D eigenvalue weighted by atomic mass is 16.3. The van der Waals surface area contributed by atoms with Gasteiger partial charge >= 0.3 is 6.03 Å². The second-order valence-corrected chi connectivity index (χ2v) is 10.7. The van der Waals surface area contributed by atoms with Gasteiger partial charge in [0.2, 0.25) is 5.91 Å². The molecule has 2 aliphatic carbocycles. The lowest BCUT2D eigenvalue weighted by Gasteiger charge is -2.52. The van der Waals surface area contributed by atoms with Crippen molar-refractivity contribution >= 4 is 11.9 Å². The van der Waals surface area contributed by atoms with Gasteiger partial charge in [-0.15, -0.1) is 0 Å². The molecule has 1 spiro atoms. The monoisotopic (exact) mass is 472 g/mol. The van der Waals surface area contributed by atoms with Gasteiger partial charge in [0, 0.05) is 31.6 Å². The number of rotatable bonds is 9. The third-order valence-corrected chi connectivity index (χ3v) is 8.51. The number of amides is 3. The van der Waals surface area contributed by atoms with Crippen LogP contribution in [0.5, 0.6) is 0 Å². The molecule has 1 aliphatic heterocycles. The van der Waals surface area contributed by atoms with E-state index in [1.807, 2.05) is 11.0 Å². The summed E-state index contributed by atoms with van der Waals surface area (Å²) >= 11 is 0. The van der Waals surface area contributed by atoms with Crippen LogP contribution in [0.2, 0.25) is 0 Å². The maximum absolute atomic E-state index is 13.5. The quantitative estimate of drug-likeness (QED) is 0.510. The largest absolute Gasteiger partial charge is 0.395 e. The van der Waals surface area contributed by atoms with Crippen LogP contribution in [0.3, 0.4) is 0 Å². The summed E-state index contributed by atoms with van der Waals surface area (Å²) in [5, 5.41) is 22.6. The van der Waals surface area contributed by atoms with Gasteiger partial charge in [-0.2, -0.15) is 0 Å². The van der Waals surface area contributed by atoms with E-state index in [0.717, 1.165) is 44.9 Å². The highest BCUT2D eigenvalue weighted by molar-refractivity contribution is 5.80. The Bertz CT molecular complexity index is 863. The second kappa shape index (κ2) is 9.84. The number of carbonyl (C=O) groups excluding carboxylic acids is 2. The van der Waals surface area contributed by atoms with Crippen LogP contribution in [0, 0.1) is 0 Å². The van der Waals surface area contributed by atoms with Gasteiger partial charge in [-0.3, -0.25) is 9.69 Å². The van der Waals surface area contributed by atoms with Crippen LogP contribution in [0.15, 0.2) is 30.3 Å². The summed E-state index contributed by atoms with van der Waals surface area (Å²) in [6.07, 6.45) is 6.26. The van der Waals surface area contributed by atoms with Crippen LogP contribution in [-0.2, 0) is 10.3 Å². The normalized spacial score (nSPS) is 28.4. The Labute approximate surface area is 202 Å². The third kappa shape index (κ3) is 4.68. The Balaban J connectivity index is 1.53. The average Bonchev–Trinajstić information content (AvgIpc) is 3.07. The molecular formula is C26H40N4O4. The lowest BCUT2D eigenvalue weighted by molar-refractivity contribution is -0.121. The molecule has 8 nitrogen and oxygen atoms in total. The van der Waals surface area contributed by atoms with E-state index in [9.17, 15) is 14.7 Å². The van der Waals surface area contributed by atoms with Crippen LogP contribution < -0.4 is 5.32 Å². The van der Waals surface area contributed by atoms with Gasteiger partial charge in [0.15, 0.2) is 0 Å². The van der Waals surface area contributed by atoms with Gasteiger partial charge in [-0.1, -0.05) is 30.3 Å². The van der Waals surface area contributed by atoms with E-state index in [0.29, 0.717) is 19.6 Å². The van der Waals surface area contributed by atoms with E-state index in [2.05, 4.69) is 48.6 Å². The minimum atomic E-state index is -0.785. The van der Waals surface area contributed by atoms with Gasteiger partial charge in [0.05, 0.1) is 24.3 Å². The van der Waals surface area contributed by atoms with Gasteiger partial charge in [0.25, 0.3) is 0 Å². The molecule has 3 N–H and O–H groups in total. The summed E-state index contributed by atoms with van der Waals surface area (Å²) in [6.45, 7) is 1.44. The molecule has 0 radical (unpaired) electrons. The summed E-state index contributed by atoms with van der Waals surface area (Å²) in [5.41, 5.74) is 0.123. The smallest absolute Gasteiger partial charge is 0.320 e. The SMILES string of the molecule is CN(C)[C@]1(c2ccccc2)CC[C@]2(CC1)CN(CCC(=O)NCCO)C(=O)N2CC1(O)CCC1. The average molecular weight is 473 g/mol. The van der Waals surface area contributed by atoms with E-state index in [4.69, 9.17) is 5.11 Å². The number of benzene rings is 1. The van der Waals surface area contributed by atoms with Crippen LogP contribution in [-0.4, -0.2) is 94.9 Å². The van der Waals surface area contributed by atoms with E-state index < -0.39 is 5.60 Å². The van der Waals surface area contributed by atoms with E-state index >= 15 is 0 Å². The zero-order valence-corrected chi connectivity index (χ0v) is 20.6.